The van der Waals surface area contributed by atoms with Gasteiger partial charge in [-0.2, -0.15) is 0 Å². The van der Waals surface area contributed by atoms with E-state index in [9.17, 15) is 9.59 Å². The molecule has 2 N–H and O–H groups in total. The van der Waals surface area contributed by atoms with Crippen LogP contribution in [-0.2, 0) is 0 Å². The van der Waals surface area contributed by atoms with Crippen molar-refractivity contribution in [3.8, 4) is 0 Å². The van der Waals surface area contributed by atoms with E-state index in [1.165, 1.54) is 6.20 Å². The number of nitrogens with one attached hydrogen (secondary N) is 2. The van der Waals surface area contributed by atoms with Gasteiger partial charge in [-0.1, -0.05) is 32.3 Å². The summed E-state index contributed by atoms with van der Waals surface area (Å²) in [6.45, 7) is 7.30. The molecule has 1 fully saturated rings. The number of rotatable bonds is 10. The number of hydrogen-bond donors (Lipinski definition) is 2. The van der Waals surface area contributed by atoms with E-state index >= 15 is 0 Å². The number of amides is 2. The minimum absolute atomic E-state index is 0.101. The van der Waals surface area contributed by atoms with Gasteiger partial charge in [0.25, 0.3) is 11.8 Å². The highest BCUT2D eigenvalue weighted by molar-refractivity contribution is 5.96. The van der Waals surface area contributed by atoms with Gasteiger partial charge in [0.05, 0.1) is 12.4 Å². The monoisotopic (exact) mass is 438 g/mol. The van der Waals surface area contributed by atoms with Gasteiger partial charge in [-0.25, -0.2) is 0 Å². The van der Waals surface area contributed by atoms with Crippen molar-refractivity contribution in [2.75, 3.05) is 13.1 Å². The lowest BCUT2D eigenvalue weighted by atomic mass is 9.93. The van der Waals surface area contributed by atoms with E-state index in [1.54, 1.807) is 18.5 Å². The van der Waals surface area contributed by atoms with Crippen LogP contribution < -0.4 is 10.6 Å². The lowest BCUT2D eigenvalue weighted by Crippen LogP contribution is -2.29. The number of hydrogen-bond acceptors (Lipinski definition) is 6. The fourth-order valence-corrected chi connectivity index (χ4v) is 4.61. The minimum atomic E-state index is -0.208. The molecule has 3 aromatic rings. The highest BCUT2D eigenvalue weighted by Gasteiger charge is 2.52. The molecule has 0 radical (unpaired) electrons. The van der Waals surface area contributed by atoms with Gasteiger partial charge < -0.3 is 19.6 Å². The molecule has 0 aliphatic heterocycles. The number of pyridine rings is 1. The van der Waals surface area contributed by atoms with Crippen LogP contribution in [0.1, 0.15) is 79.0 Å². The van der Waals surface area contributed by atoms with Crippen LogP contribution >= 0.6 is 0 Å². The number of nitrogens with zero attached hydrogens (tertiary/aromatic N) is 2. The molecule has 0 aromatic carbocycles. The Morgan fingerprint density at radius 2 is 2.06 bits per heavy atom. The first-order chi connectivity index (χ1) is 15.4. The van der Waals surface area contributed by atoms with E-state index in [0.717, 1.165) is 31.1 Å². The average Bonchev–Trinajstić information content (AvgIpc) is 3.14. The van der Waals surface area contributed by atoms with E-state index < -0.39 is 0 Å². The second-order valence-electron chi connectivity index (χ2n) is 9.01. The molecule has 2 amide bonds. The maximum absolute atomic E-state index is 12.5. The molecular weight excluding hydrogens is 408 g/mol. The predicted octanol–water partition coefficient (Wildman–Crippen LogP) is 4.30. The third-order valence-corrected chi connectivity index (χ3v) is 6.44. The summed E-state index contributed by atoms with van der Waals surface area (Å²) in [4.78, 5) is 29.1. The van der Waals surface area contributed by atoms with Crippen molar-refractivity contribution in [3.05, 3.63) is 47.8 Å². The summed E-state index contributed by atoms with van der Waals surface area (Å²) in [5.41, 5.74) is 1.27. The van der Waals surface area contributed by atoms with Gasteiger partial charge in [0.1, 0.15) is 5.56 Å². The quantitative estimate of drug-likeness (QED) is 0.488. The van der Waals surface area contributed by atoms with Gasteiger partial charge >= 0.3 is 0 Å². The lowest BCUT2D eigenvalue weighted by molar-refractivity contribution is 0.0923. The highest BCUT2D eigenvalue weighted by Crippen LogP contribution is 2.58. The normalized spacial score (nSPS) is 19.9. The first kappa shape index (κ1) is 22.0. The average molecular weight is 439 g/mol. The molecule has 3 heterocycles. The van der Waals surface area contributed by atoms with Gasteiger partial charge in [-0.05, 0) is 42.7 Å². The van der Waals surface area contributed by atoms with Crippen molar-refractivity contribution in [2.24, 2.45) is 11.3 Å². The third kappa shape index (κ3) is 4.54. The molecule has 0 bridgehead atoms. The predicted molar refractivity (Wildman–Crippen MR) is 119 cm³/mol. The van der Waals surface area contributed by atoms with Crippen molar-refractivity contribution < 1.29 is 18.5 Å². The van der Waals surface area contributed by atoms with Crippen LogP contribution in [0.2, 0.25) is 0 Å². The summed E-state index contributed by atoms with van der Waals surface area (Å²) >= 11 is 0. The Hall–Kier alpha value is -3.16. The summed E-state index contributed by atoms with van der Waals surface area (Å²) in [7, 11) is 0. The lowest BCUT2D eigenvalue weighted by Gasteiger charge is -2.17. The molecule has 3 aromatic heterocycles. The summed E-state index contributed by atoms with van der Waals surface area (Å²) in [6.07, 6.45) is 8.83. The zero-order chi connectivity index (χ0) is 22.7. The second kappa shape index (κ2) is 9.14. The Bertz CT molecular complexity index is 1070. The van der Waals surface area contributed by atoms with E-state index in [-0.39, 0.29) is 23.1 Å². The van der Waals surface area contributed by atoms with Crippen molar-refractivity contribution in [2.45, 2.75) is 52.4 Å². The first-order valence-corrected chi connectivity index (χ1v) is 11.3. The van der Waals surface area contributed by atoms with Gasteiger partial charge in [0.2, 0.25) is 0 Å². The summed E-state index contributed by atoms with van der Waals surface area (Å²) < 4.78 is 10.8. The van der Waals surface area contributed by atoms with E-state index in [4.69, 9.17) is 8.94 Å². The van der Waals surface area contributed by atoms with E-state index in [1.807, 2.05) is 19.9 Å². The Morgan fingerprint density at radius 1 is 1.22 bits per heavy atom. The van der Waals surface area contributed by atoms with Gasteiger partial charge in [-0.15, -0.1) is 0 Å². The van der Waals surface area contributed by atoms with Crippen molar-refractivity contribution in [1.82, 2.24) is 20.8 Å². The standard InChI is InChI=1S/C24H30N4O4/c1-4-6-24(7-9-26-22(29)18-13-28-32-21(18)15(2)3)11-17(24)12-27-23(30)19-10-16-5-8-25-14-20(16)31-19/h5,8,10,13-15,17H,4,6-7,9,11-12H2,1-3H3,(H,26,29)(H,27,30). The van der Waals surface area contributed by atoms with Crippen LogP contribution in [0, 0.1) is 11.3 Å². The van der Waals surface area contributed by atoms with Crippen LogP contribution in [-0.4, -0.2) is 35.0 Å². The second-order valence-corrected chi connectivity index (χ2v) is 9.01. The maximum Gasteiger partial charge on any atom is 0.287 e. The van der Waals surface area contributed by atoms with Crippen LogP contribution in [0.3, 0.4) is 0 Å². The largest absolute Gasteiger partial charge is 0.449 e. The molecular formula is C24H30N4O4. The number of fused-ring (bicyclic) bond motifs is 1. The third-order valence-electron chi connectivity index (χ3n) is 6.44. The summed E-state index contributed by atoms with van der Waals surface area (Å²) in [5, 5.41) is 10.7. The number of carbonyl (C=O) groups is 2. The van der Waals surface area contributed by atoms with Crippen LogP contribution in [0.4, 0.5) is 0 Å². The first-order valence-electron chi connectivity index (χ1n) is 11.3. The molecule has 2 atom stereocenters. The molecule has 170 valence electrons. The number of carbonyl (C=O) groups excluding carboxylic acids is 2. The van der Waals surface area contributed by atoms with Gasteiger partial charge in [0.15, 0.2) is 17.1 Å². The molecule has 0 saturated heterocycles. The summed E-state index contributed by atoms with van der Waals surface area (Å²) in [6, 6.07) is 3.56. The van der Waals surface area contributed by atoms with Crippen molar-refractivity contribution in [3.63, 3.8) is 0 Å². The smallest absolute Gasteiger partial charge is 0.287 e. The Morgan fingerprint density at radius 3 is 2.81 bits per heavy atom. The molecule has 4 rings (SSSR count). The molecule has 1 saturated carbocycles. The van der Waals surface area contributed by atoms with Crippen molar-refractivity contribution in [1.29, 1.82) is 0 Å². The highest BCUT2D eigenvalue weighted by atomic mass is 16.5. The SMILES string of the molecule is CCCC1(CCNC(=O)c2cnoc2C(C)C)CC1CNC(=O)c1cc2ccncc2o1. The zero-order valence-electron chi connectivity index (χ0n) is 18.8. The van der Waals surface area contributed by atoms with Crippen LogP contribution in [0.5, 0.6) is 0 Å². The molecule has 8 heteroatoms. The fourth-order valence-electron chi connectivity index (χ4n) is 4.61. The Balaban J connectivity index is 1.28. The Labute approximate surface area is 187 Å². The van der Waals surface area contributed by atoms with Gasteiger partial charge in [-0.3, -0.25) is 14.6 Å². The topological polar surface area (TPSA) is 110 Å². The van der Waals surface area contributed by atoms with Crippen LogP contribution in [0.25, 0.3) is 11.0 Å². The molecule has 2 unspecified atom stereocenters. The Kier molecular flexibility index (Phi) is 6.30. The summed E-state index contributed by atoms with van der Waals surface area (Å²) in [5.74, 6) is 1.06. The van der Waals surface area contributed by atoms with E-state index in [0.29, 0.717) is 41.7 Å². The minimum Gasteiger partial charge on any atom is -0.449 e. The van der Waals surface area contributed by atoms with Crippen molar-refractivity contribution >= 4 is 22.8 Å². The molecule has 32 heavy (non-hydrogen) atoms. The molecule has 8 nitrogen and oxygen atoms in total. The molecule has 0 spiro atoms. The zero-order valence-corrected chi connectivity index (χ0v) is 18.8. The molecule has 1 aliphatic rings. The number of furan rings is 1. The van der Waals surface area contributed by atoms with Gasteiger partial charge in [0, 0.05) is 30.6 Å². The molecule has 1 aliphatic carbocycles. The van der Waals surface area contributed by atoms with E-state index in [2.05, 4.69) is 27.7 Å². The number of aromatic nitrogens is 2. The maximum atomic E-state index is 12.5. The van der Waals surface area contributed by atoms with Crippen LogP contribution in [0.15, 0.2) is 39.7 Å². The fraction of sp³-hybridized carbons (Fsp3) is 0.500.